The van der Waals surface area contributed by atoms with Crippen molar-refractivity contribution in [2.24, 2.45) is 5.92 Å². The molecule has 0 nitrogen and oxygen atoms in total. The van der Waals surface area contributed by atoms with Crippen LogP contribution in [0.1, 0.15) is 41.5 Å². The van der Waals surface area contributed by atoms with Crippen molar-refractivity contribution in [2.75, 3.05) is 0 Å². The summed E-state index contributed by atoms with van der Waals surface area (Å²) in [5, 5.41) is 0. The largest absolute Gasteiger partial charge is 0.0845 e. The van der Waals surface area contributed by atoms with Gasteiger partial charge in [0.25, 0.3) is 0 Å². The lowest BCUT2D eigenvalue weighted by atomic mass is 9.96. The predicted molar refractivity (Wildman–Crippen MR) is 52.6 cm³/mol. The molecule has 0 atom stereocenters. The summed E-state index contributed by atoms with van der Waals surface area (Å²) in [5.74, 6) is 0.671. The molecule has 0 rings (SSSR count). The Bertz CT molecular complexity index is 180. The van der Waals surface area contributed by atoms with Crippen molar-refractivity contribution in [1.82, 2.24) is 0 Å². The summed E-state index contributed by atoms with van der Waals surface area (Å²) < 4.78 is 0. The number of rotatable bonds is 2. The van der Waals surface area contributed by atoms with Gasteiger partial charge in [-0.05, 0) is 39.2 Å². The molecule has 0 saturated carbocycles. The fraction of sp³-hybridized carbons (Fsp3) is 0.636. The molecule has 0 spiro atoms. The van der Waals surface area contributed by atoms with Gasteiger partial charge in [-0.15, -0.1) is 0 Å². The van der Waals surface area contributed by atoms with Gasteiger partial charge in [0.05, 0.1) is 0 Å². The van der Waals surface area contributed by atoms with Gasteiger partial charge in [0.1, 0.15) is 0 Å². The first kappa shape index (κ1) is 10.5. The summed E-state index contributed by atoms with van der Waals surface area (Å²) in [6.45, 7) is 13.1. The van der Waals surface area contributed by atoms with Crippen LogP contribution in [-0.2, 0) is 0 Å². The molecule has 0 heterocycles. The van der Waals surface area contributed by atoms with E-state index < -0.39 is 0 Å². The lowest BCUT2D eigenvalue weighted by molar-refractivity contribution is 0.758. The zero-order valence-corrected chi connectivity index (χ0v) is 8.65. The highest BCUT2D eigenvalue weighted by Crippen LogP contribution is 2.19. The average molecular weight is 152 g/mol. The third kappa shape index (κ3) is 2.92. The van der Waals surface area contributed by atoms with Crippen LogP contribution in [0.5, 0.6) is 0 Å². The van der Waals surface area contributed by atoms with E-state index in [1.807, 2.05) is 0 Å². The highest BCUT2D eigenvalue weighted by atomic mass is 14.1. The van der Waals surface area contributed by atoms with Crippen molar-refractivity contribution in [3.63, 3.8) is 0 Å². The molecule has 0 aromatic rings. The molecule has 0 heteroatoms. The van der Waals surface area contributed by atoms with Gasteiger partial charge in [-0.1, -0.05) is 31.1 Å². The molecule has 0 bridgehead atoms. The smallest absolute Gasteiger partial charge is 0.0257 e. The highest BCUT2D eigenvalue weighted by molar-refractivity contribution is 5.31. The standard InChI is InChI=1S/C11H20/c1-7-9(4)11(6)10(5)8(2)3/h7-8H,1-6H3/b9-7?,11-10-. The number of hydrogen-bond acceptors (Lipinski definition) is 0. The molecule has 0 aliphatic rings. The molecule has 0 aromatic carbocycles. The van der Waals surface area contributed by atoms with E-state index in [0.717, 1.165) is 0 Å². The Morgan fingerprint density at radius 1 is 1.09 bits per heavy atom. The third-order valence-corrected chi connectivity index (χ3v) is 2.48. The molecule has 11 heavy (non-hydrogen) atoms. The molecule has 0 N–H and O–H groups in total. The van der Waals surface area contributed by atoms with Crippen LogP contribution in [0.3, 0.4) is 0 Å². The lowest BCUT2D eigenvalue weighted by Crippen LogP contribution is -1.94. The first-order chi connectivity index (χ1) is 5.00. The van der Waals surface area contributed by atoms with E-state index in [2.05, 4.69) is 47.6 Å². The minimum Gasteiger partial charge on any atom is -0.0845 e. The van der Waals surface area contributed by atoms with Crippen molar-refractivity contribution >= 4 is 0 Å². The predicted octanol–water partition coefficient (Wildman–Crippen LogP) is 3.95. The summed E-state index contributed by atoms with van der Waals surface area (Å²) >= 11 is 0. The van der Waals surface area contributed by atoms with Crippen LogP contribution in [-0.4, -0.2) is 0 Å². The van der Waals surface area contributed by atoms with Gasteiger partial charge < -0.3 is 0 Å². The molecule has 0 radical (unpaired) electrons. The van der Waals surface area contributed by atoms with Gasteiger partial charge in [0, 0.05) is 0 Å². The normalized spacial score (nSPS) is 15.4. The molecule has 0 unspecified atom stereocenters. The van der Waals surface area contributed by atoms with Crippen molar-refractivity contribution < 1.29 is 0 Å². The Labute approximate surface area is 71.0 Å². The first-order valence-corrected chi connectivity index (χ1v) is 4.31. The number of allylic oxidation sites excluding steroid dienone is 4. The SMILES string of the molecule is CC=C(C)/C(C)=C(/C)C(C)C. The number of hydrogen-bond donors (Lipinski definition) is 0. The second-order valence-corrected chi connectivity index (χ2v) is 3.43. The Morgan fingerprint density at radius 3 is 1.82 bits per heavy atom. The quantitative estimate of drug-likeness (QED) is 0.526. The molecule has 0 aliphatic carbocycles. The van der Waals surface area contributed by atoms with Crippen LogP contribution in [0.4, 0.5) is 0 Å². The molecule has 0 amide bonds. The van der Waals surface area contributed by atoms with E-state index >= 15 is 0 Å². The summed E-state index contributed by atoms with van der Waals surface area (Å²) in [5.41, 5.74) is 4.35. The minimum atomic E-state index is 0.671. The third-order valence-electron chi connectivity index (χ3n) is 2.48. The van der Waals surface area contributed by atoms with E-state index in [4.69, 9.17) is 0 Å². The van der Waals surface area contributed by atoms with Gasteiger partial charge in [-0.25, -0.2) is 0 Å². The van der Waals surface area contributed by atoms with Crippen LogP contribution >= 0.6 is 0 Å². The monoisotopic (exact) mass is 152 g/mol. The molecular formula is C11H20. The van der Waals surface area contributed by atoms with E-state index in [-0.39, 0.29) is 0 Å². The molecule has 64 valence electrons. The van der Waals surface area contributed by atoms with Gasteiger partial charge in [0.15, 0.2) is 0 Å². The van der Waals surface area contributed by atoms with E-state index in [9.17, 15) is 0 Å². The summed E-state index contributed by atoms with van der Waals surface area (Å²) in [6.07, 6.45) is 2.17. The second kappa shape index (κ2) is 4.38. The van der Waals surface area contributed by atoms with Crippen LogP contribution in [0, 0.1) is 5.92 Å². The zero-order valence-electron chi connectivity index (χ0n) is 8.65. The second-order valence-electron chi connectivity index (χ2n) is 3.43. The van der Waals surface area contributed by atoms with Crippen molar-refractivity contribution in [2.45, 2.75) is 41.5 Å². The fourth-order valence-electron chi connectivity index (χ4n) is 0.961. The van der Waals surface area contributed by atoms with Crippen LogP contribution in [0.15, 0.2) is 22.8 Å². The van der Waals surface area contributed by atoms with Gasteiger partial charge in [-0.2, -0.15) is 0 Å². The summed E-state index contributed by atoms with van der Waals surface area (Å²) in [4.78, 5) is 0. The van der Waals surface area contributed by atoms with Crippen LogP contribution in [0.2, 0.25) is 0 Å². The summed E-state index contributed by atoms with van der Waals surface area (Å²) in [7, 11) is 0. The molecule has 0 aromatic heterocycles. The zero-order chi connectivity index (χ0) is 9.02. The Morgan fingerprint density at radius 2 is 1.55 bits per heavy atom. The van der Waals surface area contributed by atoms with E-state index in [1.165, 1.54) is 16.7 Å². The van der Waals surface area contributed by atoms with Gasteiger partial charge in [0.2, 0.25) is 0 Å². The molecule has 0 fully saturated rings. The van der Waals surface area contributed by atoms with Gasteiger partial charge in [-0.3, -0.25) is 0 Å². The molecule has 0 aliphatic heterocycles. The maximum atomic E-state index is 2.24. The molecule has 0 saturated heterocycles. The van der Waals surface area contributed by atoms with Crippen molar-refractivity contribution in [3.05, 3.63) is 22.8 Å². The maximum Gasteiger partial charge on any atom is -0.0257 e. The topological polar surface area (TPSA) is 0 Å². The molecular weight excluding hydrogens is 132 g/mol. The van der Waals surface area contributed by atoms with Crippen molar-refractivity contribution in [3.8, 4) is 0 Å². The Balaban J connectivity index is 4.67. The Kier molecular flexibility index (Phi) is 4.17. The van der Waals surface area contributed by atoms with E-state index in [1.54, 1.807) is 0 Å². The lowest BCUT2D eigenvalue weighted by Gasteiger charge is -2.11. The van der Waals surface area contributed by atoms with Crippen LogP contribution in [0.25, 0.3) is 0 Å². The summed E-state index contributed by atoms with van der Waals surface area (Å²) in [6, 6.07) is 0. The average Bonchev–Trinajstić information content (AvgIpc) is 2.00. The minimum absolute atomic E-state index is 0.671. The highest BCUT2D eigenvalue weighted by Gasteiger charge is 2.01. The fourth-order valence-corrected chi connectivity index (χ4v) is 0.961. The Hall–Kier alpha value is -0.520. The van der Waals surface area contributed by atoms with E-state index in [0.29, 0.717) is 5.92 Å². The van der Waals surface area contributed by atoms with Gasteiger partial charge >= 0.3 is 0 Å². The first-order valence-electron chi connectivity index (χ1n) is 4.31. The van der Waals surface area contributed by atoms with Crippen LogP contribution < -0.4 is 0 Å². The van der Waals surface area contributed by atoms with Crippen molar-refractivity contribution in [1.29, 1.82) is 0 Å². The maximum absolute atomic E-state index is 2.24.